The van der Waals surface area contributed by atoms with E-state index >= 15 is 0 Å². The molecular weight excluding hydrogens is 916 g/mol. The number of rotatable bonds is 8. The van der Waals surface area contributed by atoms with Gasteiger partial charge in [0.2, 0.25) is 0 Å². The van der Waals surface area contributed by atoms with Gasteiger partial charge in [-0.15, -0.1) is 29.6 Å². The Labute approximate surface area is 387 Å². The fraction of sp³-hybridized carbons (Fsp3) is 0.111. The van der Waals surface area contributed by atoms with Gasteiger partial charge in [0.1, 0.15) is 5.82 Å². The van der Waals surface area contributed by atoms with Crippen molar-refractivity contribution in [2.75, 3.05) is 0 Å². The largest absolute Gasteiger partial charge is 0.510 e. The molecule has 0 aliphatic heterocycles. The molecule has 0 aliphatic carbocycles. The van der Waals surface area contributed by atoms with Crippen LogP contribution in [-0.2, 0) is 21.1 Å². The fourth-order valence-electron chi connectivity index (χ4n) is 7.20. The Morgan fingerprint density at radius 2 is 1.37 bits per heavy atom. The van der Waals surface area contributed by atoms with Crippen LogP contribution >= 0.6 is 0 Å². The summed E-state index contributed by atoms with van der Waals surface area (Å²) in [7, 11) is 0. The van der Waals surface area contributed by atoms with Crippen LogP contribution in [0.5, 0.6) is 11.5 Å². The molecule has 0 radical (unpaired) electrons. The van der Waals surface area contributed by atoms with E-state index in [1.54, 1.807) is 53.2 Å². The molecule has 10 aromatic rings. The number of ether oxygens (including phenoxy) is 1. The average molecular weight is 974 g/mol. The first kappa shape index (κ1) is 24.5. The molecule has 7 aromatic carbocycles. The standard InChI is InChI=1S/C54H42N4O.Pt/c1-37(54(2,3)4)40-31-32-55-52(33-40)58-48-26-12-11-23-46(48)47-30-29-43(35-51(47)58)59-42-22-15-21-41(34-42)56-36-57(50-28-14-13-27-49(50)56)53-44(38-17-7-5-8-18-38)24-16-25-45(53)39-19-9-6-10-20-39;/h5-33,37H,1-4H3;/q-2;/i5D,6D,7D,8D,9D,10D,11D,12D,17D,18D,19D,20D,23D,26D,29D,30D;. The maximum atomic E-state index is 9.36. The number of hydrogen-bond acceptors (Lipinski definition) is 2. The van der Waals surface area contributed by atoms with Gasteiger partial charge in [-0.2, -0.15) is 18.2 Å². The molecule has 0 saturated heterocycles. The number of imidazole rings is 1. The summed E-state index contributed by atoms with van der Waals surface area (Å²) in [6.45, 7) is 8.39. The quantitative estimate of drug-likeness (QED) is 0.112. The summed E-state index contributed by atoms with van der Waals surface area (Å²) in [6.07, 6.45) is 4.92. The molecule has 0 N–H and O–H groups in total. The van der Waals surface area contributed by atoms with Crippen LogP contribution < -0.4 is 9.30 Å². The minimum atomic E-state index is -0.621. The van der Waals surface area contributed by atoms with Crippen molar-refractivity contribution in [3.05, 3.63) is 200 Å². The van der Waals surface area contributed by atoms with E-state index < -0.39 is 84.6 Å². The Morgan fingerprint density at radius 3 is 2.10 bits per heavy atom. The summed E-state index contributed by atoms with van der Waals surface area (Å²) in [6, 6.07) is 18.1. The van der Waals surface area contributed by atoms with Crippen molar-refractivity contribution in [2.24, 2.45) is 5.41 Å². The minimum Gasteiger partial charge on any atom is -0.510 e. The summed E-state index contributed by atoms with van der Waals surface area (Å²) in [5.74, 6) is 0.142. The first-order chi connectivity index (χ1) is 35.5. The minimum absolute atomic E-state index is 0. The number of benzene rings is 7. The second kappa shape index (κ2) is 15.9. The Kier molecular flexibility index (Phi) is 6.49. The van der Waals surface area contributed by atoms with Crippen molar-refractivity contribution in [2.45, 2.75) is 33.6 Å². The van der Waals surface area contributed by atoms with Gasteiger partial charge in [0.15, 0.2) is 0 Å². The van der Waals surface area contributed by atoms with E-state index in [4.69, 9.17) is 23.9 Å². The molecule has 3 heterocycles. The van der Waals surface area contributed by atoms with E-state index in [1.165, 1.54) is 27.3 Å². The molecule has 3 aromatic heterocycles. The molecular formula is C54H42N4OPt-2. The molecule has 0 spiro atoms. The molecule has 0 fully saturated rings. The first-order valence-electron chi connectivity index (χ1n) is 26.8. The molecule has 5 nitrogen and oxygen atoms in total. The van der Waals surface area contributed by atoms with Gasteiger partial charge < -0.3 is 13.9 Å². The zero-order valence-electron chi connectivity index (χ0n) is 48.6. The number of fused-ring (bicyclic) bond motifs is 4. The molecule has 1 unspecified atom stereocenters. The molecule has 60 heavy (non-hydrogen) atoms. The van der Waals surface area contributed by atoms with Gasteiger partial charge in [-0.1, -0.05) is 154 Å². The average Bonchev–Trinajstić information content (AvgIpc) is 4.03. The number of hydrogen-bond donors (Lipinski definition) is 0. The van der Waals surface area contributed by atoms with Gasteiger partial charge in [0.05, 0.1) is 35.9 Å². The number of pyridine rings is 1. The fourth-order valence-corrected chi connectivity index (χ4v) is 7.20. The zero-order chi connectivity index (χ0) is 54.0. The Balaban J connectivity index is 0.00000706. The predicted octanol–water partition coefficient (Wildman–Crippen LogP) is 13.1. The Morgan fingerprint density at radius 1 is 0.683 bits per heavy atom. The van der Waals surface area contributed by atoms with Gasteiger partial charge >= 0.3 is 0 Å². The predicted molar refractivity (Wildman–Crippen MR) is 239 cm³/mol. The Bertz CT molecular complexity index is 3950. The van der Waals surface area contributed by atoms with E-state index in [-0.39, 0.29) is 106 Å². The number of aromatic nitrogens is 4. The molecule has 296 valence electrons. The van der Waals surface area contributed by atoms with Gasteiger partial charge in [-0.05, 0) is 69.8 Å². The van der Waals surface area contributed by atoms with Gasteiger partial charge in [-0.3, -0.25) is 4.57 Å². The summed E-state index contributed by atoms with van der Waals surface area (Å²) >= 11 is 0. The van der Waals surface area contributed by atoms with E-state index in [0.717, 1.165) is 5.56 Å². The summed E-state index contributed by atoms with van der Waals surface area (Å²) < 4.78 is 152. The van der Waals surface area contributed by atoms with Crippen LogP contribution in [0.2, 0.25) is 0 Å². The second-order valence-electron chi connectivity index (χ2n) is 15.0. The van der Waals surface area contributed by atoms with Gasteiger partial charge in [-0.25, -0.2) is 4.98 Å². The molecule has 0 aliphatic rings. The zero-order valence-corrected chi connectivity index (χ0v) is 34.9. The van der Waals surface area contributed by atoms with Crippen molar-refractivity contribution >= 4 is 32.8 Å². The molecule has 6 heteroatoms. The third-order valence-corrected chi connectivity index (χ3v) is 10.5. The van der Waals surface area contributed by atoms with Crippen LogP contribution in [-0.4, -0.2) is 14.1 Å². The maximum Gasteiger partial charge on any atom is 0.268 e. The smallest absolute Gasteiger partial charge is 0.268 e. The summed E-state index contributed by atoms with van der Waals surface area (Å²) in [5.41, 5.74) is 1.92. The van der Waals surface area contributed by atoms with Crippen molar-refractivity contribution in [3.63, 3.8) is 0 Å². The third kappa shape index (κ3) is 7.03. The number of para-hydroxylation sites is 4. The van der Waals surface area contributed by atoms with Crippen LogP contribution in [0.3, 0.4) is 0 Å². The van der Waals surface area contributed by atoms with Crippen LogP contribution in [0.4, 0.5) is 0 Å². The van der Waals surface area contributed by atoms with Gasteiger partial charge in [0, 0.05) is 45.6 Å². The van der Waals surface area contributed by atoms with Crippen LogP contribution in [0.25, 0.3) is 72.3 Å². The van der Waals surface area contributed by atoms with Crippen molar-refractivity contribution in [1.29, 1.82) is 0 Å². The van der Waals surface area contributed by atoms with E-state index in [2.05, 4.69) is 51.1 Å². The van der Waals surface area contributed by atoms with Crippen molar-refractivity contribution < 1.29 is 52.3 Å². The monoisotopic (exact) mass is 973 g/mol. The van der Waals surface area contributed by atoms with Gasteiger partial charge in [0.25, 0.3) is 6.33 Å². The van der Waals surface area contributed by atoms with Crippen molar-refractivity contribution in [3.8, 4) is 50.9 Å². The third-order valence-electron chi connectivity index (χ3n) is 10.5. The Hall–Kier alpha value is -6.55. The summed E-state index contributed by atoms with van der Waals surface area (Å²) in [5, 5.41) is 0.0705. The van der Waals surface area contributed by atoms with E-state index in [1.807, 2.05) is 12.1 Å². The number of nitrogens with zero attached hydrogens (tertiary/aromatic N) is 4. The molecule has 1 atom stereocenters. The first-order valence-corrected chi connectivity index (χ1v) is 18.8. The molecule has 0 saturated carbocycles. The van der Waals surface area contributed by atoms with Crippen LogP contribution in [0.15, 0.2) is 176 Å². The van der Waals surface area contributed by atoms with Crippen LogP contribution in [0.1, 0.15) is 61.1 Å². The summed E-state index contributed by atoms with van der Waals surface area (Å²) in [4.78, 5) is 4.65. The molecule has 10 rings (SSSR count). The topological polar surface area (TPSA) is 35.9 Å². The maximum absolute atomic E-state index is 9.36. The van der Waals surface area contributed by atoms with Crippen LogP contribution in [0, 0.1) is 23.9 Å². The normalized spacial score (nSPS) is 15.9. The second-order valence-corrected chi connectivity index (χ2v) is 15.0. The van der Waals surface area contributed by atoms with Crippen molar-refractivity contribution in [1.82, 2.24) is 14.1 Å². The molecule has 0 amide bonds. The van der Waals surface area contributed by atoms with E-state index in [9.17, 15) is 2.74 Å². The molecule has 0 bridgehead atoms. The SMILES string of the molecule is [2H]c1c([2H])c([2H])c(-c2cccc(-c3c([2H])c([2H])c([2H])c([2H])c3[2H])c2-[n+]2[c-]n(-c3[c-]c(Oc4[c-]c5c(c([2H])c4[2H])c4c([2H])c([2H])c([2H])c([2H])c4n5-c4cc(C(C)C(C)(C)C)ccn4)ccc3)c3ccccc32)c([2H])c1[2H].[Pt]. The van der Waals surface area contributed by atoms with E-state index in [0.29, 0.717) is 22.5 Å².